The molecule has 13 heavy (non-hydrogen) atoms. The molecular weight excluding hydrogens is 162 g/mol. The highest BCUT2D eigenvalue weighted by molar-refractivity contribution is 5.35. The fraction of sp³-hybridized carbons (Fsp3) is 0.700. The Hall–Kier alpha value is -0.990. The van der Waals surface area contributed by atoms with Crippen molar-refractivity contribution in [2.24, 2.45) is 18.9 Å². The summed E-state index contributed by atoms with van der Waals surface area (Å²) >= 11 is 0. The Labute approximate surface area is 79.4 Å². The van der Waals surface area contributed by atoms with Crippen molar-refractivity contribution in [2.75, 3.05) is 18.0 Å². The Kier molecular flexibility index (Phi) is 2.02. The molecule has 0 bridgehead atoms. The summed E-state index contributed by atoms with van der Waals surface area (Å²) in [4.78, 5) is 6.66. The number of aryl methyl sites for hydroxylation is 1. The van der Waals surface area contributed by atoms with Gasteiger partial charge in [0, 0.05) is 32.5 Å². The lowest BCUT2D eigenvalue weighted by Crippen LogP contribution is -2.50. The molecule has 1 aromatic heterocycles. The molecule has 1 fully saturated rings. The zero-order valence-electron chi connectivity index (χ0n) is 8.57. The van der Waals surface area contributed by atoms with Gasteiger partial charge in [0.1, 0.15) is 0 Å². The highest BCUT2D eigenvalue weighted by Crippen LogP contribution is 2.27. The highest BCUT2D eigenvalue weighted by Gasteiger charge is 2.30. The number of imidazole rings is 1. The van der Waals surface area contributed by atoms with Crippen LogP contribution in [0.5, 0.6) is 0 Å². The van der Waals surface area contributed by atoms with E-state index in [1.807, 2.05) is 19.4 Å². The maximum absolute atomic E-state index is 4.32. The zero-order chi connectivity index (χ0) is 9.42. The van der Waals surface area contributed by atoms with E-state index in [0.29, 0.717) is 0 Å². The van der Waals surface area contributed by atoms with E-state index in [1.54, 1.807) is 0 Å². The lowest BCUT2D eigenvalue weighted by atomic mass is 9.89. The van der Waals surface area contributed by atoms with Crippen molar-refractivity contribution in [3.05, 3.63) is 12.4 Å². The van der Waals surface area contributed by atoms with Crippen molar-refractivity contribution >= 4 is 5.95 Å². The van der Waals surface area contributed by atoms with Crippen molar-refractivity contribution in [2.45, 2.75) is 13.8 Å². The summed E-state index contributed by atoms with van der Waals surface area (Å²) < 4.78 is 2.08. The van der Waals surface area contributed by atoms with Crippen LogP contribution in [0.4, 0.5) is 5.95 Å². The molecule has 0 saturated carbocycles. The van der Waals surface area contributed by atoms with Crippen LogP contribution in [0.15, 0.2) is 12.4 Å². The van der Waals surface area contributed by atoms with Crippen LogP contribution in [0.25, 0.3) is 0 Å². The summed E-state index contributed by atoms with van der Waals surface area (Å²) in [6.07, 6.45) is 3.86. The predicted molar refractivity (Wildman–Crippen MR) is 53.7 cm³/mol. The van der Waals surface area contributed by atoms with E-state index >= 15 is 0 Å². The van der Waals surface area contributed by atoms with E-state index < -0.39 is 0 Å². The first-order valence-electron chi connectivity index (χ1n) is 4.90. The summed E-state index contributed by atoms with van der Waals surface area (Å²) in [5, 5.41) is 0. The molecule has 3 heteroatoms. The normalized spacial score (nSPS) is 18.0. The largest absolute Gasteiger partial charge is 0.342 e. The minimum atomic E-state index is 0.802. The lowest BCUT2D eigenvalue weighted by Gasteiger charge is -2.42. The fourth-order valence-electron chi connectivity index (χ4n) is 1.76. The summed E-state index contributed by atoms with van der Waals surface area (Å²) in [5.74, 6) is 2.77. The molecule has 0 amide bonds. The Bertz CT molecular complexity index is 284. The van der Waals surface area contributed by atoms with Crippen LogP contribution in [0, 0.1) is 11.8 Å². The molecule has 3 nitrogen and oxygen atoms in total. The van der Waals surface area contributed by atoms with E-state index in [0.717, 1.165) is 17.8 Å². The van der Waals surface area contributed by atoms with Crippen molar-refractivity contribution in [3.63, 3.8) is 0 Å². The molecule has 0 spiro atoms. The summed E-state index contributed by atoms with van der Waals surface area (Å²) in [6, 6.07) is 0. The second kappa shape index (κ2) is 3.05. The second-order valence-electron chi connectivity index (χ2n) is 4.25. The molecule has 0 unspecified atom stereocenters. The monoisotopic (exact) mass is 179 g/mol. The molecule has 1 aliphatic rings. The first kappa shape index (κ1) is 8.60. The van der Waals surface area contributed by atoms with Crippen LogP contribution in [0.1, 0.15) is 13.8 Å². The Morgan fingerprint density at radius 1 is 1.46 bits per heavy atom. The third kappa shape index (κ3) is 1.43. The van der Waals surface area contributed by atoms with E-state index in [-0.39, 0.29) is 0 Å². The van der Waals surface area contributed by atoms with Crippen LogP contribution in [0.2, 0.25) is 0 Å². The Balaban J connectivity index is 1.97. The molecular formula is C10H17N3. The van der Waals surface area contributed by atoms with Crippen LogP contribution < -0.4 is 4.90 Å². The predicted octanol–water partition coefficient (Wildman–Crippen LogP) is 1.51. The smallest absolute Gasteiger partial charge is 0.205 e. The molecule has 0 atom stereocenters. The second-order valence-corrected chi connectivity index (χ2v) is 4.25. The van der Waals surface area contributed by atoms with Gasteiger partial charge < -0.3 is 9.47 Å². The van der Waals surface area contributed by atoms with Crippen molar-refractivity contribution in [1.82, 2.24) is 9.55 Å². The number of anilines is 1. The topological polar surface area (TPSA) is 21.1 Å². The van der Waals surface area contributed by atoms with Crippen molar-refractivity contribution in [3.8, 4) is 0 Å². The zero-order valence-corrected chi connectivity index (χ0v) is 8.57. The number of aromatic nitrogens is 2. The Morgan fingerprint density at radius 3 is 2.62 bits per heavy atom. The van der Waals surface area contributed by atoms with Gasteiger partial charge >= 0.3 is 0 Å². The molecule has 1 aliphatic heterocycles. The maximum Gasteiger partial charge on any atom is 0.205 e. The summed E-state index contributed by atoms with van der Waals surface area (Å²) in [7, 11) is 2.05. The van der Waals surface area contributed by atoms with Gasteiger partial charge in [-0.2, -0.15) is 0 Å². The molecule has 0 aromatic carbocycles. The van der Waals surface area contributed by atoms with Crippen molar-refractivity contribution < 1.29 is 0 Å². The molecule has 0 N–H and O–H groups in total. The van der Waals surface area contributed by atoms with Crippen LogP contribution >= 0.6 is 0 Å². The highest BCUT2D eigenvalue weighted by atomic mass is 15.3. The van der Waals surface area contributed by atoms with Gasteiger partial charge in [0.25, 0.3) is 0 Å². The molecule has 72 valence electrons. The van der Waals surface area contributed by atoms with Crippen LogP contribution in [-0.4, -0.2) is 22.6 Å². The average molecular weight is 179 g/mol. The van der Waals surface area contributed by atoms with E-state index in [1.165, 1.54) is 13.1 Å². The number of rotatable bonds is 2. The first-order valence-corrected chi connectivity index (χ1v) is 4.90. The van der Waals surface area contributed by atoms with Gasteiger partial charge in [-0.15, -0.1) is 0 Å². The van der Waals surface area contributed by atoms with Crippen LogP contribution in [-0.2, 0) is 7.05 Å². The molecule has 0 radical (unpaired) electrons. The number of nitrogens with zero attached hydrogens (tertiary/aromatic N) is 3. The molecule has 2 heterocycles. The standard InChI is InChI=1S/C10H17N3/c1-8(2)9-6-13(7-9)10-11-4-5-12(10)3/h4-5,8-9H,6-7H2,1-3H3. The minimum Gasteiger partial charge on any atom is -0.342 e. The summed E-state index contributed by atoms with van der Waals surface area (Å²) in [6.45, 7) is 6.92. The fourth-order valence-corrected chi connectivity index (χ4v) is 1.76. The third-order valence-electron chi connectivity index (χ3n) is 2.93. The van der Waals surface area contributed by atoms with Gasteiger partial charge in [0.2, 0.25) is 5.95 Å². The lowest BCUT2D eigenvalue weighted by molar-refractivity contribution is 0.304. The maximum atomic E-state index is 4.32. The first-order chi connectivity index (χ1) is 6.18. The number of hydrogen-bond acceptors (Lipinski definition) is 2. The van der Waals surface area contributed by atoms with Gasteiger partial charge in [-0.05, 0) is 11.8 Å². The van der Waals surface area contributed by atoms with E-state index in [2.05, 4.69) is 28.3 Å². The van der Waals surface area contributed by atoms with Gasteiger partial charge in [-0.25, -0.2) is 4.98 Å². The Morgan fingerprint density at radius 2 is 2.15 bits per heavy atom. The van der Waals surface area contributed by atoms with Crippen LogP contribution in [0.3, 0.4) is 0 Å². The number of hydrogen-bond donors (Lipinski definition) is 0. The third-order valence-corrected chi connectivity index (χ3v) is 2.93. The van der Waals surface area contributed by atoms with E-state index in [4.69, 9.17) is 0 Å². The van der Waals surface area contributed by atoms with Gasteiger partial charge in [0.15, 0.2) is 0 Å². The van der Waals surface area contributed by atoms with Gasteiger partial charge in [-0.1, -0.05) is 13.8 Å². The van der Waals surface area contributed by atoms with Gasteiger partial charge in [0.05, 0.1) is 0 Å². The molecule has 0 aliphatic carbocycles. The molecule has 1 aromatic rings. The average Bonchev–Trinajstić information content (AvgIpc) is 2.32. The minimum absolute atomic E-state index is 0.802. The van der Waals surface area contributed by atoms with E-state index in [9.17, 15) is 0 Å². The summed E-state index contributed by atoms with van der Waals surface area (Å²) in [5.41, 5.74) is 0. The quantitative estimate of drug-likeness (QED) is 0.686. The SMILES string of the molecule is CC(C)C1CN(c2nccn2C)C1. The molecule has 2 rings (SSSR count). The van der Waals surface area contributed by atoms with Crippen molar-refractivity contribution in [1.29, 1.82) is 0 Å². The van der Waals surface area contributed by atoms with Gasteiger partial charge in [-0.3, -0.25) is 0 Å². The molecule has 1 saturated heterocycles.